The molecule has 2 N–H and O–H groups in total. The van der Waals surface area contributed by atoms with Crippen LogP contribution in [0.2, 0.25) is 0 Å². The number of rotatable bonds is 6. The molecular formula is C16H20FN3O2. The van der Waals surface area contributed by atoms with Crippen molar-refractivity contribution in [1.29, 1.82) is 0 Å². The first-order chi connectivity index (χ1) is 10.5. The largest absolute Gasteiger partial charge is 0.360 e. The van der Waals surface area contributed by atoms with Gasteiger partial charge in [-0.1, -0.05) is 24.2 Å². The molecule has 0 saturated carbocycles. The average molecular weight is 305 g/mol. The molecule has 0 spiro atoms. The smallest absolute Gasteiger partial charge is 0.242 e. The summed E-state index contributed by atoms with van der Waals surface area (Å²) in [5, 5.41) is 9.54. The molecule has 0 bridgehead atoms. The van der Waals surface area contributed by atoms with Gasteiger partial charge in [0.25, 0.3) is 0 Å². The molecule has 22 heavy (non-hydrogen) atoms. The molecule has 0 aliphatic rings. The third kappa shape index (κ3) is 4.14. The van der Waals surface area contributed by atoms with Crippen LogP contribution in [0.4, 0.5) is 10.2 Å². The Morgan fingerprint density at radius 2 is 2.14 bits per heavy atom. The molecule has 0 aliphatic carbocycles. The first-order valence-electron chi connectivity index (χ1n) is 7.22. The zero-order chi connectivity index (χ0) is 16.1. The Bertz CT molecular complexity index is 655. The first kappa shape index (κ1) is 16.2. The van der Waals surface area contributed by atoms with Crippen LogP contribution >= 0.6 is 0 Å². The van der Waals surface area contributed by atoms with Gasteiger partial charge in [-0.3, -0.25) is 4.79 Å². The lowest BCUT2D eigenvalue weighted by Gasteiger charge is -2.16. The van der Waals surface area contributed by atoms with E-state index in [4.69, 9.17) is 4.52 Å². The fourth-order valence-corrected chi connectivity index (χ4v) is 2.05. The quantitative estimate of drug-likeness (QED) is 0.861. The van der Waals surface area contributed by atoms with Crippen LogP contribution in [-0.2, 0) is 11.3 Å². The fraction of sp³-hybridized carbons (Fsp3) is 0.375. The Balaban J connectivity index is 1.93. The Hall–Kier alpha value is -2.21. The second-order valence-corrected chi connectivity index (χ2v) is 5.24. The Kier molecular flexibility index (Phi) is 5.27. The molecule has 1 amide bonds. The van der Waals surface area contributed by atoms with E-state index in [9.17, 15) is 9.18 Å². The molecule has 1 unspecified atom stereocenters. The molecule has 5 nitrogen and oxygen atoms in total. The number of benzene rings is 1. The van der Waals surface area contributed by atoms with Crippen LogP contribution in [0.15, 0.2) is 28.8 Å². The van der Waals surface area contributed by atoms with Gasteiger partial charge in [-0.05, 0) is 37.5 Å². The van der Waals surface area contributed by atoms with Gasteiger partial charge in [0.15, 0.2) is 5.82 Å². The van der Waals surface area contributed by atoms with Gasteiger partial charge in [-0.2, -0.15) is 0 Å². The maximum absolute atomic E-state index is 13.5. The van der Waals surface area contributed by atoms with Crippen molar-refractivity contribution in [3.05, 3.63) is 47.0 Å². The lowest BCUT2D eigenvalue weighted by molar-refractivity contribution is -0.118. The van der Waals surface area contributed by atoms with Gasteiger partial charge in [-0.25, -0.2) is 4.39 Å². The Labute approximate surface area is 128 Å². The number of nitrogens with one attached hydrogen (secondary N) is 2. The minimum Gasteiger partial charge on any atom is -0.360 e. The van der Waals surface area contributed by atoms with Crippen molar-refractivity contribution in [3.8, 4) is 0 Å². The van der Waals surface area contributed by atoms with Crippen molar-refractivity contribution in [2.75, 3.05) is 5.32 Å². The second kappa shape index (κ2) is 7.17. The van der Waals surface area contributed by atoms with E-state index >= 15 is 0 Å². The van der Waals surface area contributed by atoms with Gasteiger partial charge >= 0.3 is 0 Å². The van der Waals surface area contributed by atoms with E-state index in [0.717, 1.165) is 5.56 Å². The highest BCUT2D eigenvalue weighted by molar-refractivity contribution is 5.93. The van der Waals surface area contributed by atoms with Gasteiger partial charge in [0, 0.05) is 12.6 Å². The van der Waals surface area contributed by atoms with Crippen LogP contribution in [0, 0.1) is 19.7 Å². The van der Waals surface area contributed by atoms with Crippen LogP contribution < -0.4 is 10.6 Å². The third-order valence-electron chi connectivity index (χ3n) is 3.39. The van der Waals surface area contributed by atoms with Crippen LogP contribution in [0.5, 0.6) is 0 Å². The highest BCUT2D eigenvalue weighted by atomic mass is 19.1. The standard InChI is InChI=1S/C16H20FN3O2/c1-4-14(16(21)19-15-7-11(3)22-20-15)18-9-12-6-5-10(2)13(17)8-12/h5-8,14,18H,4,9H2,1-3H3,(H,19,20,21). The summed E-state index contributed by atoms with van der Waals surface area (Å²) in [6.07, 6.45) is 0.608. The number of carbonyl (C=O) groups is 1. The van der Waals surface area contributed by atoms with Crippen LogP contribution in [0.1, 0.15) is 30.2 Å². The Morgan fingerprint density at radius 1 is 1.36 bits per heavy atom. The number of carbonyl (C=O) groups excluding carboxylic acids is 1. The summed E-state index contributed by atoms with van der Waals surface area (Å²) in [5.41, 5.74) is 1.40. The fourth-order valence-electron chi connectivity index (χ4n) is 2.05. The van der Waals surface area contributed by atoms with E-state index in [-0.39, 0.29) is 17.8 Å². The molecule has 2 aromatic rings. The van der Waals surface area contributed by atoms with Gasteiger partial charge in [-0.15, -0.1) is 0 Å². The summed E-state index contributed by atoms with van der Waals surface area (Å²) in [4.78, 5) is 12.2. The topological polar surface area (TPSA) is 67.2 Å². The number of aromatic nitrogens is 1. The number of halogens is 1. The molecule has 1 heterocycles. The average Bonchev–Trinajstić information content (AvgIpc) is 2.88. The van der Waals surface area contributed by atoms with E-state index in [1.54, 1.807) is 26.0 Å². The maximum Gasteiger partial charge on any atom is 0.242 e. The highest BCUT2D eigenvalue weighted by Crippen LogP contribution is 2.11. The molecular weight excluding hydrogens is 285 g/mol. The van der Waals surface area contributed by atoms with Gasteiger partial charge in [0.2, 0.25) is 5.91 Å². The third-order valence-corrected chi connectivity index (χ3v) is 3.39. The van der Waals surface area contributed by atoms with Crippen molar-refractivity contribution in [2.24, 2.45) is 0 Å². The SMILES string of the molecule is CCC(NCc1ccc(C)c(F)c1)C(=O)Nc1cc(C)on1. The second-order valence-electron chi connectivity index (χ2n) is 5.24. The van der Waals surface area contributed by atoms with Crippen molar-refractivity contribution >= 4 is 11.7 Å². The molecule has 0 saturated heterocycles. The normalized spacial score (nSPS) is 12.2. The predicted octanol–water partition coefficient (Wildman–Crippen LogP) is 2.94. The minimum absolute atomic E-state index is 0.191. The van der Waals surface area contributed by atoms with E-state index in [1.807, 2.05) is 13.0 Å². The lowest BCUT2D eigenvalue weighted by atomic mass is 10.1. The van der Waals surface area contributed by atoms with Crippen LogP contribution in [0.25, 0.3) is 0 Å². The number of anilines is 1. The van der Waals surface area contributed by atoms with Crippen molar-refractivity contribution in [3.63, 3.8) is 0 Å². The molecule has 1 aromatic heterocycles. The summed E-state index contributed by atoms with van der Waals surface area (Å²) in [6.45, 7) is 5.79. The van der Waals surface area contributed by atoms with Crippen LogP contribution in [0.3, 0.4) is 0 Å². The van der Waals surface area contributed by atoms with Gasteiger partial charge in [0.05, 0.1) is 6.04 Å². The van der Waals surface area contributed by atoms with Crippen LogP contribution in [-0.4, -0.2) is 17.1 Å². The number of amides is 1. The van der Waals surface area contributed by atoms with Crippen molar-refractivity contribution in [2.45, 2.75) is 39.8 Å². The molecule has 1 aromatic carbocycles. The highest BCUT2D eigenvalue weighted by Gasteiger charge is 2.17. The molecule has 0 radical (unpaired) electrons. The van der Waals surface area contributed by atoms with E-state index in [1.165, 1.54) is 6.07 Å². The molecule has 6 heteroatoms. The molecule has 2 rings (SSSR count). The first-order valence-corrected chi connectivity index (χ1v) is 7.22. The number of hydrogen-bond acceptors (Lipinski definition) is 4. The van der Waals surface area contributed by atoms with Crippen molar-refractivity contribution in [1.82, 2.24) is 10.5 Å². The maximum atomic E-state index is 13.5. The number of hydrogen-bond donors (Lipinski definition) is 2. The predicted molar refractivity (Wildman–Crippen MR) is 81.9 cm³/mol. The summed E-state index contributed by atoms with van der Waals surface area (Å²) in [5.74, 6) is 0.592. The number of aryl methyl sites for hydroxylation is 2. The van der Waals surface area contributed by atoms with Gasteiger partial charge < -0.3 is 15.2 Å². The zero-order valence-corrected chi connectivity index (χ0v) is 12.9. The lowest BCUT2D eigenvalue weighted by Crippen LogP contribution is -2.39. The summed E-state index contributed by atoms with van der Waals surface area (Å²) in [7, 11) is 0. The molecule has 1 atom stereocenters. The van der Waals surface area contributed by atoms with E-state index in [0.29, 0.717) is 30.1 Å². The summed E-state index contributed by atoms with van der Waals surface area (Å²) >= 11 is 0. The summed E-state index contributed by atoms with van der Waals surface area (Å²) < 4.78 is 18.4. The summed E-state index contributed by atoms with van der Waals surface area (Å²) in [6, 6.07) is 6.32. The molecule has 118 valence electrons. The Morgan fingerprint density at radius 3 is 2.73 bits per heavy atom. The minimum atomic E-state index is -0.388. The zero-order valence-electron chi connectivity index (χ0n) is 12.9. The molecule has 0 aliphatic heterocycles. The monoisotopic (exact) mass is 305 g/mol. The van der Waals surface area contributed by atoms with Crippen molar-refractivity contribution < 1.29 is 13.7 Å². The van der Waals surface area contributed by atoms with E-state index < -0.39 is 0 Å². The molecule has 0 fully saturated rings. The number of nitrogens with zero attached hydrogens (tertiary/aromatic N) is 1. The van der Waals surface area contributed by atoms with Gasteiger partial charge in [0.1, 0.15) is 11.6 Å². The van der Waals surface area contributed by atoms with E-state index in [2.05, 4.69) is 15.8 Å².